The van der Waals surface area contributed by atoms with Crippen LogP contribution in [-0.2, 0) is 19.6 Å². The minimum atomic E-state index is -3.69. The van der Waals surface area contributed by atoms with Gasteiger partial charge in [-0.15, -0.1) is 0 Å². The molecule has 1 N–H and O–H groups in total. The smallest absolute Gasteiger partial charge is 0.338 e. The Hall–Kier alpha value is -2.62. The molecule has 0 spiro atoms. The maximum atomic E-state index is 12.9. The maximum Gasteiger partial charge on any atom is 0.338 e. The average Bonchev–Trinajstić information content (AvgIpc) is 2.78. The fourth-order valence-electron chi connectivity index (χ4n) is 3.39. The Morgan fingerprint density at radius 1 is 1.09 bits per heavy atom. The largest absolute Gasteiger partial charge is 0.495 e. The quantitative estimate of drug-likeness (QED) is 0.607. The number of amides is 1. The lowest BCUT2D eigenvalue weighted by atomic mass is 10.1. The summed E-state index contributed by atoms with van der Waals surface area (Å²) in [6.07, 6.45) is 2.63. The van der Waals surface area contributed by atoms with E-state index in [0.29, 0.717) is 35.1 Å². The second kappa shape index (κ2) is 10.3. The van der Waals surface area contributed by atoms with Crippen LogP contribution in [-0.4, -0.2) is 51.4 Å². The number of rotatable bonds is 7. The zero-order valence-corrected chi connectivity index (χ0v) is 19.5. The van der Waals surface area contributed by atoms with Crippen molar-refractivity contribution in [3.8, 4) is 5.75 Å². The number of piperidine rings is 1. The van der Waals surface area contributed by atoms with Crippen molar-refractivity contribution in [1.82, 2.24) is 4.31 Å². The fourth-order valence-corrected chi connectivity index (χ4v) is 5.19. The second-order valence-electron chi connectivity index (χ2n) is 7.42. The lowest BCUT2D eigenvalue weighted by Gasteiger charge is -2.26. The van der Waals surface area contributed by atoms with E-state index in [2.05, 4.69) is 5.32 Å². The van der Waals surface area contributed by atoms with Crippen LogP contribution in [0.15, 0.2) is 41.3 Å². The number of hydrogen-bond donors (Lipinski definition) is 1. The van der Waals surface area contributed by atoms with E-state index in [1.807, 2.05) is 0 Å². The van der Waals surface area contributed by atoms with Gasteiger partial charge in [0.1, 0.15) is 5.75 Å². The number of nitrogens with zero attached hydrogens (tertiary/aromatic N) is 1. The van der Waals surface area contributed by atoms with Crippen LogP contribution < -0.4 is 10.1 Å². The Balaban J connectivity index is 1.66. The van der Waals surface area contributed by atoms with Crippen molar-refractivity contribution in [3.05, 3.63) is 52.5 Å². The molecule has 1 saturated heterocycles. The highest BCUT2D eigenvalue weighted by Crippen LogP contribution is 2.27. The van der Waals surface area contributed by atoms with Gasteiger partial charge in [0.2, 0.25) is 10.0 Å². The van der Waals surface area contributed by atoms with Gasteiger partial charge in [-0.25, -0.2) is 13.2 Å². The average molecular weight is 481 g/mol. The SMILES string of the molecule is COc1ccc(NC(=O)COC(=O)c2cc(S(=O)(=O)N3CCCCC3)ccc2C)cc1Cl. The summed E-state index contributed by atoms with van der Waals surface area (Å²) in [7, 11) is -2.21. The number of halogens is 1. The third-order valence-electron chi connectivity index (χ3n) is 5.15. The lowest BCUT2D eigenvalue weighted by molar-refractivity contribution is -0.119. The van der Waals surface area contributed by atoms with Crippen molar-refractivity contribution in [2.24, 2.45) is 0 Å². The van der Waals surface area contributed by atoms with Crippen molar-refractivity contribution in [3.63, 3.8) is 0 Å². The van der Waals surface area contributed by atoms with Crippen LogP contribution in [0.25, 0.3) is 0 Å². The summed E-state index contributed by atoms with van der Waals surface area (Å²) >= 11 is 6.03. The van der Waals surface area contributed by atoms with Crippen molar-refractivity contribution < 1.29 is 27.5 Å². The maximum absolute atomic E-state index is 12.9. The number of hydrogen-bond acceptors (Lipinski definition) is 6. The predicted octanol–water partition coefficient (Wildman–Crippen LogP) is 3.63. The molecule has 0 aromatic heterocycles. The van der Waals surface area contributed by atoms with Crippen molar-refractivity contribution in [2.75, 3.05) is 32.1 Å². The van der Waals surface area contributed by atoms with Crippen LogP contribution in [0, 0.1) is 6.92 Å². The Bertz CT molecular complexity index is 1110. The van der Waals surface area contributed by atoms with Gasteiger partial charge in [0.05, 0.1) is 22.6 Å². The molecule has 0 aliphatic carbocycles. The van der Waals surface area contributed by atoms with Crippen LogP contribution in [0.5, 0.6) is 5.75 Å². The van der Waals surface area contributed by atoms with Crippen LogP contribution in [0.2, 0.25) is 5.02 Å². The summed E-state index contributed by atoms with van der Waals surface area (Å²) in [6, 6.07) is 9.07. The van der Waals surface area contributed by atoms with Gasteiger partial charge in [-0.1, -0.05) is 24.1 Å². The highest BCUT2D eigenvalue weighted by molar-refractivity contribution is 7.89. The van der Waals surface area contributed by atoms with E-state index in [9.17, 15) is 18.0 Å². The van der Waals surface area contributed by atoms with Gasteiger partial charge in [-0.3, -0.25) is 4.79 Å². The van der Waals surface area contributed by atoms with E-state index < -0.39 is 28.5 Å². The number of carbonyl (C=O) groups excluding carboxylic acids is 2. The first kappa shape index (κ1) is 24.0. The zero-order chi connectivity index (χ0) is 23.3. The molecular weight excluding hydrogens is 456 g/mol. The first-order chi connectivity index (χ1) is 15.2. The summed E-state index contributed by atoms with van der Waals surface area (Å²) < 4.78 is 37.4. The third-order valence-corrected chi connectivity index (χ3v) is 7.34. The monoisotopic (exact) mass is 480 g/mol. The molecule has 2 aromatic rings. The molecule has 0 unspecified atom stereocenters. The minimum Gasteiger partial charge on any atom is -0.495 e. The summed E-state index contributed by atoms with van der Waals surface area (Å²) in [5.74, 6) is -0.874. The molecule has 8 nitrogen and oxygen atoms in total. The highest BCUT2D eigenvalue weighted by Gasteiger charge is 2.27. The van der Waals surface area contributed by atoms with Gasteiger partial charge >= 0.3 is 5.97 Å². The highest BCUT2D eigenvalue weighted by atomic mass is 35.5. The Kier molecular flexibility index (Phi) is 7.76. The molecule has 1 heterocycles. The fraction of sp³-hybridized carbons (Fsp3) is 0.364. The molecule has 0 bridgehead atoms. The molecule has 172 valence electrons. The molecule has 0 atom stereocenters. The van der Waals surface area contributed by atoms with Gasteiger partial charge in [-0.2, -0.15) is 4.31 Å². The van der Waals surface area contributed by atoms with Crippen LogP contribution in [0.1, 0.15) is 35.2 Å². The molecule has 3 rings (SSSR count). The number of methoxy groups -OCH3 is 1. The molecule has 1 amide bonds. The minimum absolute atomic E-state index is 0.0364. The Labute approximate surface area is 192 Å². The number of anilines is 1. The number of ether oxygens (including phenoxy) is 2. The number of sulfonamides is 1. The lowest BCUT2D eigenvalue weighted by Crippen LogP contribution is -2.35. The van der Waals surface area contributed by atoms with Crippen LogP contribution in [0.3, 0.4) is 0 Å². The molecule has 0 radical (unpaired) electrons. The molecule has 0 saturated carbocycles. The number of benzene rings is 2. The van der Waals surface area contributed by atoms with Gasteiger partial charge in [0.15, 0.2) is 6.61 Å². The van der Waals surface area contributed by atoms with Gasteiger partial charge in [0, 0.05) is 18.8 Å². The standard InChI is InChI=1S/C22H25ClN2O6S/c1-15-6-8-17(32(28,29)25-10-4-3-5-11-25)13-18(15)22(27)31-14-21(26)24-16-7-9-20(30-2)19(23)12-16/h6-9,12-13H,3-5,10-11,14H2,1-2H3,(H,24,26). The predicted molar refractivity (Wildman–Crippen MR) is 121 cm³/mol. The first-order valence-electron chi connectivity index (χ1n) is 10.1. The van der Waals surface area contributed by atoms with E-state index in [4.69, 9.17) is 21.1 Å². The van der Waals surface area contributed by atoms with Crippen LogP contribution in [0.4, 0.5) is 5.69 Å². The zero-order valence-electron chi connectivity index (χ0n) is 17.9. The Morgan fingerprint density at radius 2 is 1.81 bits per heavy atom. The molecule has 2 aromatic carbocycles. The van der Waals surface area contributed by atoms with Crippen molar-refractivity contribution in [1.29, 1.82) is 0 Å². The van der Waals surface area contributed by atoms with Gasteiger partial charge in [0.25, 0.3) is 5.91 Å². The van der Waals surface area contributed by atoms with E-state index in [0.717, 1.165) is 19.3 Å². The third kappa shape index (κ3) is 5.59. The molecular formula is C22H25ClN2O6S. The molecule has 1 fully saturated rings. The molecule has 1 aliphatic rings. The summed E-state index contributed by atoms with van der Waals surface area (Å²) in [5.41, 5.74) is 1.07. The molecule has 10 heteroatoms. The Morgan fingerprint density at radius 3 is 2.47 bits per heavy atom. The van der Waals surface area contributed by atoms with E-state index in [-0.39, 0.29) is 10.5 Å². The van der Waals surface area contributed by atoms with E-state index in [1.54, 1.807) is 25.1 Å². The molecule has 32 heavy (non-hydrogen) atoms. The number of nitrogens with one attached hydrogen (secondary N) is 1. The number of esters is 1. The molecule has 1 aliphatic heterocycles. The van der Waals surface area contributed by atoms with Crippen molar-refractivity contribution >= 4 is 39.2 Å². The summed E-state index contributed by atoms with van der Waals surface area (Å²) in [4.78, 5) is 24.8. The van der Waals surface area contributed by atoms with Crippen LogP contribution >= 0.6 is 11.6 Å². The van der Waals surface area contributed by atoms with Crippen molar-refractivity contribution in [2.45, 2.75) is 31.1 Å². The topological polar surface area (TPSA) is 102 Å². The first-order valence-corrected chi connectivity index (χ1v) is 12.0. The number of carbonyl (C=O) groups is 2. The second-order valence-corrected chi connectivity index (χ2v) is 9.76. The number of aryl methyl sites for hydroxylation is 1. The van der Waals surface area contributed by atoms with E-state index >= 15 is 0 Å². The van der Waals surface area contributed by atoms with Gasteiger partial charge in [-0.05, 0) is 55.7 Å². The van der Waals surface area contributed by atoms with E-state index in [1.165, 1.54) is 29.6 Å². The summed E-state index contributed by atoms with van der Waals surface area (Å²) in [6.45, 7) is 2.06. The normalized spacial score (nSPS) is 14.6. The summed E-state index contributed by atoms with van der Waals surface area (Å²) in [5, 5.41) is 2.90. The van der Waals surface area contributed by atoms with Gasteiger partial charge < -0.3 is 14.8 Å².